The molecule has 0 spiro atoms. The highest BCUT2D eigenvalue weighted by molar-refractivity contribution is 5.94. The van der Waals surface area contributed by atoms with Crippen LogP contribution >= 0.6 is 0 Å². The number of hydrogen-bond donors (Lipinski definition) is 2. The molecule has 1 aliphatic heterocycles. The zero-order valence-corrected chi connectivity index (χ0v) is 12.0. The van der Waals surface area contributed by atoms with Crippen LogP contribution in [0.25, 0.3) is 0 Å². The predicted octanol–water partition coefficient (Wildman–Crippen LogP) is 0.394. The van der Waals surface area contributed by atoms with E-state index >= 15 is 0 Å². The Bertz CT molecular complexity index is 515. The Hall–Kier alpha value is -2.08. The summed E-state index contributed by atoms with van der Waals surface area (Å²) in [6.07, 6.45) is 0.327. The van der Waals surface area contributed by atoms with Crippen LogP contribution in [0.15, 0.2) is 24.3 Å². The summed E-state index contributed by atoms with van der Waals surface area (Å²) in [6, 6.07) is 6.53. The number of nitrogens with zero attached hydrogens (tertiary/aromatic N) is 1. The third kappa shape index (κ3) is 3.95. The van der Waals surface area contributed by atoms with Gasteiger partial charge in [-0.3, -0.25) is 9.59 Å². The average molecular weight is 292 g/mol. The zero-order chi connectivity index (χ0) is 15.4. The van der Waals surface area contributed by atoms with Gasteiger partial charge in [0.2, 0.25) is 0 Å². The number of benzene rings is 1. The number of likely N-dealkylation sites (tertiary alicyclic amines) is 1. The summed E-state index contributed by atoms with van der Waals surface area (Å²) in [5, 5.41) is 9.85. The standard InChI is InChI=1S/C15H20N2O4/c1-10-6-7-17(8-13(10)18)15(20)11-2-4-12(5-3-11)21-9-14(16)19/h2-5,10,13,18H,6-9H2,1H3,(H2,16,19). The lowest BCUT2D eigenvalue weighted by Crippen LogP contribution is -2.45. The zero-order valence-electron chi connectivity index (χ0n) is 12.0. The van der Waals surface area contributed by atoms with Crippen LogP contribution in [0.1, 0.15) is 23.7 Å². The molecular formula is C15H20N2O4. The quantitative estimate of drug-likeness (QED) is 0.839. The number of piperidine rings is 1. The Kier molecular flexibility index (Phi) is 4.80. The molecule has 2 unspecified atom stereocenters. The van der Waals surface area contributed by atoms with Gasteiger partial charge < -0.3 is 20.5 Å². The first-order valence-corrected chi connectivity index (χ1v) is 6.96. The molecule has 6 nitrogen and oxygen atoms in total. The maximum absolute atomic E-state index is 12.3. The topological polar surface area (TPSA) is 92.9 Å². The lowest BCUT2D eigenvalue weighted by molar-refractivity contribution is -0.119. The first kappa shape index (κ1) is 15.3. The summed E-state index contributed by atoms with van der Waals surface area (Å²) in [4.78, 5) is 24.6. The van der Waals surface area contributed by atoms with E-state index in [1.54, 1.807) is 29.2 Å². The summed E-state index contributed by atoms with van der Waals surface area (Å²) in [7, 11) is 0. The minimum atomic E-state index is -0.549. The summed E-state index contributed by atoms with van der Waals surface area (Å²) in [5.74, 6) is 0.0465. The third-order valence-corrected chi connectivity index (χ3v) is 3.69. The predicted molar refractivity (Wildman–Crippen MR) is 76.8 cm³/mol. The Morgan fingerprint density at radius 1 is 1.38 bits per heavy atom. The van der Waals surface area contributed by atoms with Crippen molar-refractivity contribution < 1.29 is 19.4 Å². The summed E-state index contributed by atoms with van der Waals surface area (Å²) in [5.41, 5.74) is 5.52. The van der Waals surface area contributed by atoms with E-state index in [0.29, 0.717) is 24.4 Å². The number of rotatable bonds is 4. The van der Waals surface area contributed by atoms with Crippen molar-refractivity contribution in [3.63, 3.8) is 0 Å². The normalized spacial score (nSPS) is 21.9. The molecule has 0 bridgehead atoms. The Labute approximate surface area is 123 Å². The van der Waals surface area contributed by atoms with E-state index in [4.69, 9.17) is 10.5 Å². The van der Waals surface area contributed by atoms with E-state index < -0.39 is 12.0 Å². The molecule has 0 aromatic heterocycles. The number of aliphatic hydroxyl groups excluding tert-OH is 1. The van der Waals surface area contributed by atoms with Gasteiger partial charge in [-0.2, -0.15) is 0 Å². The Morgan fingerprint density at radius 2 is 2.05 bits per heavy atom. The third-order valence-electron chi connectivity index (χ3n) is 3.69. The van der Waals surface area contributed by atoms with Crippen LogP contribution in [0.3, 0.4) is 0 Å². The lowest BCUT2D eigenvalue weighted by Gasteiger charge is -2.34. The second-order valence-corrected chi connectivity index (χ2v) is 5.36. The highest BCUT2D eigenvalue weighted by Gasteiger charge is 2.27. The minimum Gasteiger partial charge on any atom is -0.484 e. The van der Waals surface area contributed by atoms with E-state index in [-0.39, 0.29) is 18.4 Å². The molecule has 6 heteroatoms. The van der Waals surface area contributed by atoms with E-state index in [2.05, 4.69) is 0 Å². The number of nitrogens with two attached hydrogens (primary N) is 1. The van der Waals surface area contributed by atoms with Crippen molar-refractivity contribution in [1.82, 2.24) is 4.90 Å². The van der Waals surface area contributed by atoms with Crippen LogP contribution in [0.4, 0.5) is 0 Å². The van der Waals surface area contributed by atoms with Crippen LogP contribution < -0.4 is 10.5 Å². The van der Waals surface area contributed by atoms with Crippen molar-refractivity contribution in [2.75, 3.05) is 19.7 Å². The van der Waals surface area contributed by atoms with Crippen molar-refractivity contribution in [1.29, 1.82) is 0 Å². The molecule has 1 heterocycles. The number of primary amides is 1. The first-order valence-electron chi connectivity index (χ1n) is 6.96. The van der Waals surface area contributed by atoms with Gasteiger partial charge in [0.25, 0.3) is 11.8 Å². The minimum absolute atomic E-state index is 0.109. The van der Waals surface area contributed by atoms with Crippen molar-refractivity contribution in [2.24, 2.45) is 11.7 Å². The number of hydrogen-bond acceptors (Lipinski definition) is 4. The fourth-order valence-electron chi connectivity index (χ4n) is 2.26. The second-order valence-electron chi connectivity index (χ2n) is 5.36. The van der Waals surface area contributed by atoms with E-state index in [1.165, 1.54) is 0 Å². The molecule has 1 saturated heterocycles. The fourth-order valence-corrected chi connectivity index (χ4v) is 2.26. The van der Waals surface area contributed by atoms with Gasteiger partial charge in [-0.1, -0.05) is 6.92 Å². The SMILES string of the molecule is CC1CCN(C(=O)c2ccc(OCC(N)=O)cc2)CC1O. The highest BCUT2D eigenvalue weighted by atomic mass is 16.5. The Morgan fingerprint density at radius 3 is 2.62 bits per heavy atom. The largest absolute Gasteiger partial charge is 0.484 e. The average Bonchev–Trinajstić information content (AvgIpc) is 2.48. The van der Waals surface area contributed by atoms with Gasteiger partial charge in [0.15, 0.2) is 6.61 Å². The maximum atomic E-state index is 12.3. The van der Waals surface area contributed by atoms with Crippen molar-refractivity contribution in [3.05, 3.63) is 29.8 Å². The van der Waals surface area contributed by atoms with Crippen LogP contribution in [0.5, 0.6) is 5.75 Å². The molecule has 3 N–H and O–H groups in total. The fraction of sp³-hybridized carbons (Fsp3) is 0.467. The molecule has 1 fully saturated rings. The van der Waals surface area contributed by atoms with Gasteiger partial charge in [0.05, 0.1) is 6.10 Å². The van der Waals surface area contributed by atoms with Gasteiger partial charge in [-0.25, -0.2) is 0 Å². The monoisotopic (exact) mass is 292 g/mol. The maximum Gasteiger partial charge on any atom is 0.255 e. The smallest absolute Gasteiger partial charge is 0.255 e. The summed E-state index contributed by atoms with van der Waals surface area (Å²) < 4.78 is 5.14. The van der Waals surface area contributed by atoms with E-state index in [9.17, 15) is 14.7 Å². The van der Waals surface area contributed by atoms with Crippen molar-refractivity contribution in [3.8, 4) is 5.75 Å². The number of ether oxygens (including phenoxy) is 1. The van der Waals surface area contributed by atoms with Crippen LogP contribution in [-0.2, 0) is 4.79 Å². The van der Waals surface area contributed by atoms with Gasteiger partial charge in [0, 0.05) is 18.7 Å². The van der Waals surface area contributed by atoms with Crippen molar-refractivity contribution in [2.45, 2.75) is 19.4 Å². The molecule has 1 aromatic rings. The number of carbonyl (C=O) groups excluding carboxylic acids is 2. The second kappa shape index (κ2) is 6.58. The van der Waals surface area contributed by atoms with Crippen LogP contribution in [-0.4, -0.2) is 47.6 Å². The van der Waals surface area contributed by atoms with Crippen LogP contribution in [0.2, 0.25) is 0 Å². The van der Waals surface area contributed by atoms with Gasteiger partial charge >= 0.3 is 0 Å². The number of carbonyl (C=O) groups is 2. The first-order chi connectivity index (χ1) is 9.97. The molecule has 0 aliphatic carbocycles. The highest BCUT2D eigenvalue weighted by Crippen LogP contribution is 2.20. The molecule has 0 saturated carbocycles. The molecule has 2 atom stereocenters. The summed E-state index contributed by atoms with van der Waals surface area (Å²) in [6.45, 7) is 2.80. The van der Waals surface area contributed by atoms with Crippen molar-refractivity contribution >= 4 is 11.8 Å². The molecule has 114 valence electrons. The molecule has 2 amide bonds. The number of aliphatic hydroxyl groups is 1. The molecule has 1 aliphatic rings. The number of amides is 2. The van der Waals surface area contributed by atoms with Gasteiger partial charge in [-0.05, 0) is 36.6 Å². The van der Waals surface area contributed by atoms with E-state index in [1.807, 2.05) is 6.92 Å². The van der Waals surface area contributed by atoms with Gasteiger partial charge in [-0.15, -0.1) is 0 Å². The molecule has 2 rings (SSSR count). The molecule has 0 radical (unpaired) electrons. The van der Waals surface area contributed by atoms with Crippen LogP contribution in [0, 0.1) is 5.92 Å². The summed E-state index contributed by atoms with van der Waals surface area (Å²) >= 11 is 0. The van der Waals surface area contributed by atoms with E-state index in [0.717, 1.165) is 6.42 Å². The molecule has 21 heavy (non-hydrogen) atoms. The molecule has 1 aromatic carbocycles. The number of β-amino-alcohol motifs (C(OH)–C–C–N with tert-alkyl or cyclic N) is 1. The molecular weight excluding hydrogens is 272 g/mol. The Balaban J connectivity index is 1.98. The lowest BCUT2D eigenvalue weighted by atomic mass is 9.95. The van der Waals surface area contributed by atoms with Gasteiger partial charge in [0.1, 0.15) is 5.75 Å².